The molecular weight excluding hydrogens is 397 g/mol. The molecule has 0 atom stereocenters. The quantitative estimate of drug-likeness (QED) is 0.408. The van der Waals surface area contributed by atoms with Crippen LogP contribution in [0.15, 0.2) is 30.3 Å². The molecule has 0 saturated carbocycles. The van der Waals surface area contributed by atoms with Gasteiger partial charge in [0.2, 0.25) is 0 Å². The topological polar surface area (TPSA) is 57.5 Å². The first kappa shape index (κ1) is 21.1. The molecule has 1 heterocycles. The number of rotatable bonds is 7. The molecule has 0 N–H and O–H groups in total. The number of fused-ring (bicyclic) bond motifs is 3. The maximum atomic E-state index is 13.6. The van der Waals surface area contributed by atoms with E-state index in [2.05, 4.69) is 4.57 Å². The molecule has 1 aromatic heterocycles. The normalized spacial score (nSPS) is 12.8. The summed E-state index contributed by atoms with van der Waals surface area (Å²) in [4.78, 5) is 24.4. The monoisotopic (exact) mass is 423 g/mol. The molecule has 0 fully saturated rings. The first-order chi connectivity index (χ1) is 15.0. The van der Waals surface area contributed by atoms with Crippen molar-refractivity contribution in [1.82, 2.24) is 4.57 Å². The smallest absolute Gasteiger partial charge is 0.343 e. The van der Waals surface area contributed by atoms with E-state index in [9.17, 15) is 14.0 Å². The van der Waals surface area contributed by atoms with Crippen LogP contribution in [0.2, 0.25) is 0 Å². The van der Waals surface area contributed by atoms with E-state index in [1.54, 1.807) is 13.0 Å². The third-order valence-corrected chi connectivity index (χ3v) is 6.14. The van der Waals surface area contributed by atoms with Crippen molar-refractivity contribution in [3.63, 3.8) is 0 Å². The average Bonchev–Trinajstić information content (AvgIpc) is 3.34. The zero-order valence-corrected chi connectivity index (χ0v) is 18.1. The fraction of sp³-hybridized carbons (Fsp3) is 0.360. The highest BCUT2D eigenvalue weighted by Crippen LogP contribution is 2.41. The third kappa shape index (κ3) is 3.71. The number of benzene rings is 2. The third-order valence-electron chi connectivity index (χ3n) is 6.14. The van der Waals surface area contributed by atoms with Crippen LogP contribution in [-0.4, -0.2) is 30.0 Å². The molecule has 4 rings (SSSR count). The lowest BCUT2D eigenvalue weighted by Gasteiger charge is -2.15. The maximum absolute atomic E-state index is 13.6. The minimum atomic E-state index is -0.542. The van der Waals surface area contributed by atoms with Gasteiger partial charge in [0.15, 0.2) is 12.4 Å². The number of nitrogens with zero attached hydrogens (tertiary/aromatic N) is 1. The van der Waals surface area contributed by atoms with Crippen LogP contribution >= 0.6 is 0 Å². The number of aryl methyl sites for hydroxylation is 2. The van der Waals surface area contributed by atoms with Crippen molar-refractivity contribution in [2.75, 3.05) is 13.7 Å². The summed E-state index contributed by atoms with van der Waals surface area (Å²) in [7, 11) is 1.31. The van der Waals surface area contributed by atoms with E-state index in [4.69, 9.17) is 9.47 Å². The molecule has 1 aliphatic carbocycles. The Labute approximate surface area is 180 Å². The van der Waals surface area contributed by atoms with Crippen LogP contribution in [0.1, 0.15) is 51.7 Å². The van der Waals surface area contributed by atoms with Crippen LogP contribution in [0.3, 0.4) is 0 Å². The second kappa shape index (κ2) is 8.53. The van der Waals surface area contributed by atoms with Crippen molar-refractivity contribution in [1.29, 1.82) is 0 Å². The molecule has 162 valence electrons. The lowest BCUT2D eigenvalue weighted by Crippen LogP contribution is -2.13. The number of ether oxygens (including phenoxy) is 2. The van der Waals surface area contributed by atoms with Crippen molar-refractivity contribution in [2.45, 2.75) is 46.3 Å². The van der Waals surface area contributed by atoms with Crippen molar-refractivity contribution in [3.8, 4) is 5.75 Å². The number of hydrogen-bond donors (Lipinski definition) is 0. The molecule has 0 saturated heterocycles. The molecule has 0 bridgehead atoms. The minimum absolute atomic E-state index is 0.0686. The Balaban J connectivity index is 1.96. The number of esters is 1. The molecule has 6 heteroatoms. The van der Waals surface area contributed by atoms with Gasteiger partial charge in [-0.3, -0.25) is 4.79 Å². The number of aromatic nitrogens is 1. The average molecular weight is 423 g/mol. The number of methoxy groups -OCH3 is 1. The molecular formula is C25H26FNO4. The van der Waals surface area contributed by atoms with E-state index in [-0.39, 0.29) is 12.4 Å². The number of hydrogen-bond acceptors (Lipinski definition) is 4. The van der Waals surface area contributed by atoms with Gasteiger partial charge in [0.05, 0.1) is 18.0 Å². The number of carbonyl (C=O) groups is 2. The summed E-state index contributed by atoms with van der Waals surface area (Å²) in [6, 6.07) is 9.40. The fourth-order valence-electron chi connectivity index (χ4n) is 4.67. The van der Waals surface area contributed by atoms with Crippen LogP contribution in [0.4, 0.5) is 4.39 Å². The van der Waals surface area contributed by atoms with E-state index in [1.165, 1.54) is 18.2 Å². The summed E-state index contributed by atoms with van der Waals surface area (Å²) in [5, 5.41) is 0.729. The molecule has 31 heavy (non-hydrogen) atoms. The van der Waals surface area contributed by atoms with Crippen LogP contribution in [-0.2, 0) is 35.6 Å². The predicted octanol–water partition coefficient (Wildman–Crippen LogP) is 4.71. The van der Waals surface area contributed by atoms with Crippen LogP contribution in [0.5, 0.6) is 5.75 Å². The van der Waals surface area contributed by atoms with Gasteiger partial charge in [0.1, 0.15) is 12.4 Å². The number of ketones is 1. The van der Waals surface area contributed by atoms with Gasteiger partial charge in [0.25, 0.3) is 0 Å². The maximum Gasteiger partial charge on any atom is 0.343 e. The van der Waals surface area contributed by atoms with Gasteiger partial charge in [0, 0.05) is 17.8 Å². The first-order valence-corrected chi connectivity index (χ1v) is 10.5. The van der Waals surface area contributed by atoms with Crippen LogP contribution < -0.4 is 4.74 Å². The van der Waals surface area contributed by atoms with E-state index >= 15 is 0 Å². The Hall–Kier alpha value is -3.15. The zero-order chi connectivity index (χ0) is 22.1. The molecule has 5 nitrogen and oxygen atoms in total. The Kier molecular flexibility index (Phi) is 5.81. The second-order valence-electron chi connectivity index (χ2n) is 7.96. The lowest BCUT2D eigenvalue weighted by molar-refractivity contribution is -0.142. The van der Waals surface area contributed by atoms with Gasteiger partial charge >= 0.3 is 5.97 Å². The van der Waals surface area contributed by atoms with Crippen LogP contribution in [0, 0.1) is 6.92 Å². The van der Waals surface area contributed by atoms with Gasteiger partial charge in [-0.25, -0.2) is 9.18 Å². The Morgan fingerprint density at radius 3 is 2.58 bits per heavy atom. The molecule has 2 aromatic carbocycles. The highest BCUT2D eigenvalue weighted by Gasteiger charge is 2.27. The first-order valence-electron chi connectivity index (χ1n) is 10.5. The second-order valence-corrected chi connectivity index (χ2v) is 7.96. The van der Waals surface area contributed by atoms with E-state index < -0.39 is 12.6 Å². The number of Topliss-reactive ketones (excluding diaryl/α,β-unsaturated/α-hetero) is 1. The number of carbonyl (C=O) groups excluding carboxylic acids is 2. The van der Waals surface area contributed by atoms with Crippen molar-refractivity contribution in [2.24, 2.45) is 0 Å². The highest BCUT2D eigenvalue weighted by atomic mass is 19.1. The number of halogens is 1. The largest absolute Gasteiger partial charge is 0.481 e. The molecule has 0 unspecified atom stereocenters. The molecule has 0 amide bonds. The van der Waals surface area contributed by atoms with Gasteiger partial charge < -0.3 is 14.0 Å². The van der Waals surface area contributed by atoms with E-state index in [0.29, 0.717) is 23.4 Å². The zero-order valence-electron chi connectivity index (χ0n) is 18.1. The predicted molar refractivity (Wildman–Crippen MR) is 117 cm³/mol. The van der Waals surface area contributed by atoms with Gasteiger partial charge in [-0.15, -0.1) is 0 Å². The molecule has 3 aromatic rings. The van der Waals surface area contributed by atoms with Gasteiger partial charge in [-0.05, 0) is 61.4 Å². The van der Waals surface area contributed by atoms with Crippen molar-refractivity contribution < 1.29 is 23.5 Å². The summed E-state index contributed by atoms with van der Waals surface area (Å²) >= 11 is 0. The summed E-state index contributed by atoms with van der Waals surface area (Å²) in [6.45, 7) is 3.15. The van der Waals surface area contributed by atoms with Crippen molar-refractivity contribution in [3.05, 3.63) is 63.8 Å². The fourth-order valence-corrected chi connectivity index (χ4v) is 4.67. The summed E-state index contributed by atoms with van der Waals surface area (Å²) in [5.74, 6) is -0.0289. The van der Waals surface area contributed by atoms with E-state index in [1.807, 2.05) is 31.2 Å². The van der Waals surface area contributed by atoms with Gasteiger partial charge in [-0.1, -0.05) is 24.3 Å². The number of alkyl halides is 1. The Bertz CT molecular complexity index is 1180. The Morgan fingerprint density at radius 1 is 1.16 bits per heavy atom. The minimum Gasteiger partial charge on any atom is -0.481 e. The SMILES string of the molecule is COC(=O)COc1cc2c(c3c1c(C(C)=O)c(C)n3Cc1ccccc1CF)CCC2. The van der Waals surface area contributed by atoms with Crippen molar-refractivity contribution >= 4 is 22.7 Å². The van der Waals surface area contributed by atoms with E-state index in [0.717, 1.165) is 41.4 Å². The Morgan fingerprint density at radius 2 is 1.90 bits per heavy atom. The highest BCUT2D eigenvalue weighted by molar-refractivity contribution is 6.11. The lowest BCUT2D eigenvalue weighted by atomic mass is 10.0. The van der Waals surface area contributed by atoms with Gasteiger partial charge in [-0.2, -0.15) is 0 Å². The molecule has 0 aliphatic heterocycles. The summed E-state index contributed by atoms with van der Waals surface area (Å²) in [5.41, 5.74) is 6.25. The molecule has 0 spiro atoms. The summed E-state index contributed by atoms with van der Waals surface area (Å²) in [6.07, 6.45) is 2.85. The summed E-state index contributed by atoms with van der Waals surface area (Å²) < 4.78 is 26.3. The standard InChI is InChI=1S/C25H26FNO4/c1-15-23(16(2)28)24-21(31-14-22(29)30-3)11-17-9-6-10-20(17)25(24)27(15)13-19-8-5-4-7-18(19)12-26/h4-5,7-8,11H,6,9-10,12-14H2,1-3H3. The van der Waals surface area contributed by atoms with Crippen LogP contribution in [0.25, 0.3) is 10.9 Å². The molecule has 1 aliphatic rings. The molecule has 0 radical (unpaired) electrons.